The largest absolute Gasteiger partial charge is 0.494 e. The molecule has 164 valence electrons. The molecule has 0 radical (unpaired) electrons. The Morgan fingerprint density at radius 2 is 1.85 bits per heavy atom. The molecule has 5 rings (SSSR count). The lowest BCUT2D eigenvalue weighted by atomic mass is 10.1. The second kappa shape index (κ2) is 8.52. The Labute approximate surface area is 193 Å². The van der Waals surface area contributed by atoms with Crippen molar-refractivity contribution in [3.63, 3.8) is 0 Å². The molecule has 33 heavy (non-hydrogen) atoms. The van der Waals surface area contributed by atoms with Crippen molar-refractivity contribution in [2.24, 2.45) is 0 Å². The van der Waals surface area contributed by atoms with Crippen LogP contribution in [0.5, 0.6) is 5.75 Å². The standard InChI is InChI=1S/C26H20FN3O2S/c1-2-32-19-12-8-16(9-13-19)20-15-33-26(29-20)22-21-5-3-4-14-30(21)24(23(22)28)25(31)17-6-10-18(27)11-7-17/h3-15H,2,28H2,1H3. The number of ether oxygens (including phenoxy) is 1. The van der Waals surface area contributed by atoms with Gasteiger partial charge in [0.25, 0.3) is 0 Å². The summed E-state index contributed by atoms with van der Waals surface area (Å²) in [6.45, 7) is 2.56. The highest BCUT2D eigenvalue weighted by Gasteiger charge is 2.25. The number of anilines is 1. The minimum absolute atomic E-state index is 0.275. The van der Waals surface area contributed by atoms with Gasteiger partial charge in [0.05, 0.1) is 29.1 Å². The summed E-state index contributed by atoms with van der Waals surface area (Å²) in [5.74, 6) is 0.136. The molecule has 5 nitrogen and oxygen atoms in total. The molecular weight excluding hydrogens is 437 g/mol. The summed E-state index contributed by atoms with van der Waals surface area (Å²) >= 11 is 1.47. The van der Waals surface area contributed by atoms with E-state index in [-0.39, 0.29) is 5.78 Å². The van der Waals surface area contributed by atoms with Crippen LogP contribution in [0.25, 0.3) is 27.3 Å². The predicted octanol–water partition coefficient (Wildman–Crippen LogP) is 6.08. The van der Waals surface area contributed by atoms with Gasteiger partial charge in [0.15, 0.2) is 0 Å². The molecule has 7 heteroatoms. The van der Waals surface area contributed by atoms with E-state index < -0.39 is 5.82 Å². The van der Waals surface area contributed by atoms with E-state index >= 15 is 0 Å². The number of pyridine rings is 1. The summed E-state index contributed by atoms with van der Waals surface area (Å²) in [5.41, 5.74) is 10.9. The normalized spacial score (nSPS) is 11.1. The third-order valence-corrected chi connectivity index (χ3v) is 6.24. The van der Waals surface area contributed by atoms with Crippen LogP contribution in [0.4, 0.5) is 10.1 Å². The fourth-order valence-electron chi connectivity index (χ4n) is 3.83. The number of carbonyl (C=O) groups excluding carboxylic acids is 1. The summed E-state index contributed by atoms with van der Waals surface area (Å²) in [4.78, 5) is 18.1. The number of thiazole rings is 1. The van der Waals surface area contributed by atoms with E-state index in [1.807, 2.05) is 54.8 Å². The van der Waals surface area contributed by atoms with Gasteiger partial charge in [-0.1, -0.05) is 6.07 Å². The minimum atomic E-state index is -0.398. The molecule has 0 spiro atoms. The Morgan fingerprint density at radius 3 is 2.58 bits per heavy atom. The molecule has 0 amide bonds. The second-order valence-corrected chi connectivity index (χ2v) is 8.28. The molecule has 0 fully saturated rings. The van der Waals surface area contributed by atoms with Gasteiger partial charge in [-0.3, -0.25) is 4.79 Å². The van der Waals surface area contributed by atoms with Gasteiger partial charge in [-0.25, -0.2) is 9.37 Å². The topological polar surface area (TPSA) is 69.6 Å². The number of nitrogens with two attached hydrogens (primary N) is 1. The van der Waals surface area contributed by atoms with Crippen LogP contribution in [0.2, 0.25) is 0 Å². The Morgan fingerprint density at radius 1 is 1.09 bits per heavy atom. The van der Waals surface area contributed by atoms with E-state index in [1.165, 1.54) is 35.6 Å². The van der Waals surface area contributed by atoms with Crippen molar-refractivity contribution in [3.05, 3.63) is 95.4 Å². The maximum atomic E-state index is 13.4. The van der Waals surface area contributed by atoms with Crippen LogP contribution in [0.15, 0.2) is 78.3 Å². The predicted molar refractivity (Wildman–Crippen MR) is 129 cm³/mol. The highest BCUT2D eigenvalue weighted by molar-refractivity contribution is 7.13. The van der Waals surface area contributed by atoms with Crippen molar-refractivity contribution in [1.82, 2.24) is 9.38 Å². The zero-order valence-corrected chi connectivity index (χ0v) is 18.6. The number of benzene rings is 2. The molecule has 2 N–H and O–H groups in total. The van der Waals surface area contributed by atoms with E-state index in [2.05, 4.69) is 0 Å². The maximum Gasteiger partial charge on any atom is 0.211 e. The molecule has 3 aromatic heterocycles. The number of carbonyl (C=O) groups is 1. The van der Waals surface area contributed by atoms with Gasteiger partial charge >= 0.3 is 0 Å². The smallest absolute Gasteiger partial charge is 0.211 e. The first-order valence-corrected chi connectivity index (χ1v) is 11.3. The second-order valence-electron chi connectivity index (χ2n) is 7.42. The van der Waals surface area contributed by atoms with Crippen LogP contribution >= 0.6 is 11.3 Å². The van der Waals surface area contributed by atoms with Crippen LogP contribution < -0.4 is 10.5 Å². The van der Waals surface area contributed by atoms with Crippen LogP contribution in [-0.2, 0) is 0 Å². The zero-order chi connectivity index (χ0) is 22.9. The molecule has 0 aliphatic rings. The zero-order valence-electron chi connectivity index (χ0n) is 17.8. The van der Waals surface area contributed by atoms with Crippen LogP contribution in [0.3, 0.4) is 0 Å². The fourth-order valence-corrected chi connectivity index (χ4v) is 4.73. The number of nitrogen functional groups attached to an aromatic ring is 1. The molecule has 0 aliphatic carbocycles. The summed E-state index contributed by atoms with van der Waals surface area (Å²) < 4.78 is 20.6. The first kappa shape index (κ1) is 20.9. The summed E-state index contributed by atoms with van der Waals surface area (Å²) in [6.07, 6.45) is 1.80. The number of halogens is 1. The van der Waals surface area contributed by atoms with Crippen molar-refractivity contribution in [2.75, 3.05) is 12.3 Å². The third-order valence-electron chi connectivity index (χ3n) is 5.38. The number of hydrogen-bond acceptors (Lipinski definition) is 5. The van der Waals surface area contributed by atoms with Crippen molar-refractivity contribution in [1.29, 1.82) is 0 Å². The monoisotopic (exact) mass is 457 g/mol. The van der Waals surface area contributed by atoms with E-state index in [4.69, 9.17) is 15.5 Å². The first-order chi connectivity index (χ1) is 16.1. The van der Waals surface area contributed by atoms with Crippen LogP contribution in [0.1, 0.15) is 23.0 Å². The minimum Gasteiger partial charge on any atom is -0.494 e. The van der Waals surface area contributed by atoms with Gasteiger partial charge in [0, 0.05) is 22.7 Å². The number of fused-ring (bicyclic) bond motifs is 1. The average molecular weight is 458 g/mol. The summed E-state index contributed by atoms with van der Waals surface area (Å²) in [7, 11) is 0. The summed E-state index contributed by atoms with van der Waals surface area (Å²) in [6, 6.07) is 18.9. The van der Waals surface area contributed by atoms with Crippen molar-refractivity contribution in [2.45, 2.75) is 6.92 Å². The number of rotatable bonds is 6. The Balaban J connectivity index is 1.59. The number of aromatic nitrogens is 2. The summed E-state index contributed by atoms with van der Waals surface area (Å²) in [5, 5.41) is 2.69. The van der Waals surface area contributed by atoms with Crippen molar-refractivity contribution in [3.8, 4) is 27.6 Å². The Bertz CT molecular complexity index is 1450. The number of nitrogens with zero attached hydrogens (tertiary/aromatic N) is 2. The molecule has 2 aromatic carbocycles. The van der Waals surface area contributed by atoms with Crippen molar-refractivity contribution >= 4 is 28.3 Å². The molecule has 0 bridgehead atoms. The van der Waals surface area contributed by atoms with E-state index in [0.29, 0.717) is 29.1 Å². The van der Waals surface area contributed by atoms with Crippen molar-refractivity contribution < 1.29 is 13.9 Å². The molecule has 0 saturated carbocycles. The third kappa shape index (κ3) is 3.76. The number of ketones is 1. The molecule has 0 saturated heterocycles. The molecular formula is C26H20FN3O2S. The van der Waals surface area contributed by atoms with Gasteiger partial charge in [0.1, 0.15) is 22.3 Å². The van der Waals surface area contributed by atoms with Crippen LogP contribution in [-0.4, -0.2) is 21.8 Å². The lowest BCUT2D eigenvalue weighted by Crippen LogP contribution is -2.08. The van der Waals surface area contributed by atoms with Crippen LogP contribution in [0, 0.1) is 5.82 Å². The molecule has 0 unspecified atom stereocenters. The van der Waals surface area contributed by atoms with E-state index in [0.717, 1.165) is 27.5 Å². The van der Waals surface area contributed by atoms with Gasteiger partial charge < -0.3 is 14.9 Å². The molecule has 0 atom stereocenters. The Kier molecular flexibility index (Phi) is 5.40. The van der Waals surface area contributed by atoms with Gasteiger partial charge in [-0.15, -0.1) is 11.3 Å². The number of hydrogen-bond donors (Lipinski definition) is 1. The molecule has 5 aromatic rings. The van der Waals surface area contributed by atoms with Gasteiger partial charge in [-0.2, -0.15) is 0 Å². The fraction of sp³-hybridized carbons (Fsp3) is 0.0769. The van der Waals surface area contributed by atoms with Gasteiger partial charge in [-0.05, 0) is 67.6 Å². The highest BCUT2D eigenvalue weighted by atomic mass is 32.1. The molecule has 0 aliphatic heterocycles. The average Bonchev–Trinajstić information content (AvgIpc) is 3.42. The van der Waals surface area contributed by atoms with Gasteiger partial charge in [0.2, 0.25) is 5.78 Å². The molecule has 3 heterocycles. The lowest BCUT2D eigenvalue weighted by Gasteiger charge is -2.03. The SMILES string of the molecule is CCOc1ccc(-c2csc(-c3c(N)c(C(=O)c4ccc(F)cc4)n4ccccc34)n2)cc1. The highest BCUT2D eigenvalue weighted by Crippen LogP contribution is 2.39. The quantitative estimate of drug-likeness (QED) is 0.314. The maximum absolute atomic E-state index is 13.4. The lowest BCUT2D eigenvalue weighted by molar-refractivity contribution is 0.103. The van der Waals surface area contributed by atoms with E-state index in [1.54, 1.807) is 10.6 Å². The van der Waals surface area contributed by atoms with E-state index in [9.17, 15) is 9.18 Å². The first-order valence-electron chi connectivity index (χ1n) is 10.4. The Hall–Kier alpha value is -3.97.